The van der Waals surface area contributed by atoms with Gasteiger partial charge < -0.3 is 15.6 Å². The van der Waals surface area contributed by atoms with Gasteiger partial charge in [-0.3, -0.25) is 10.00 Å². The number of aromatic nitrogens is 4. The van der Waals surface area contributed by atoms with E-state index in [9.17, 15) is 0 Å². The molecule has 0 saturated carbocycles. The molecular formula is C22H28N8. The van der Waals surface area contributed by atoms with E-state index in [0.717, 1.165) is 53.4 Å². The van der Waals surface area contributed by atoms with Gasteiger partial charge in [0.1, 0.15) is 11.6 Å². The van der Waals surface area contributed by atoms with Crippen molar-refractivity contribution in [3.05, 3.63) is 30.1 Å². The van der Waals surface area contributed by atoms with Crippen LogP contribution in [0.2, 0.25) is 0 Å². The maximum Gasteiger partial charge on any atom is 0.153 e. The van der Waals surface area contributed by atoms with E-state index >= 15 is 0 Å². The Morgan fingerprint density at radius 2 is 2.07 bits per heavy atom. The maximum atomic E-state index is 9.01. The van der Waals surface area contributed by atoms with E-state index in [1.54, 1.807) is 0 Å². The van der Waals surface area contributed by atoms with Crippen LogP contribution in [0, 0.1) is 18.3 Å². The normalized spacial score (nSPS) is 23.9. The molecule has 4 N–H and O–H groups in total. The van der Waals surface area contributed by atoms with Crippen LogP contribution < -0.4 is 10.6 Å². The number of anilines is 3. The molecule has 0 spiro atoms. The summed E-state index contributed by atoms with van der Waals surface area (Å²) in [6, 6.07) is 9.96. The average Bonchev–Trinajstić information content (AvgIpc) is 3.41. The van der Waals surface area contributed by atoms with Gasteiger partial charge in [-0.15, -0.1) is 0 Å². The van der Waals surface area contributed by atoms with Gasteiger partial charge in [-0.05, 0) is 45.1 Å². The highest BCUT2D eigenvalue weighted by Gasteiger charge is 2.37. The lowest BCUT2D eigenvalue weighted by Gasteiger charge is -2.27. The molecule has 5 heterocycles. The predicted molar refractivity (Wildman–Crippen MR) is 118 cm³/mol. The van der Waals surface area contributed by atoms with Gasteiger partial charge in [0.25, 0.3) is 0 Å². The number of H-pyrrole nitrogens is 2. The number of nitrogens with zero attached hydrogens (tertiary/aromatic N) is 4. The Balaban J connectivity index is 1.36. The van der Waals surface area contributed by atoms with Crippen molar-refractivity contribution in [1.29, 1.82) is 5.26 Å². The van der Waals surface area contributed by atoms with E-state index in [1.807, 2.05) is 25.3 Å². The van der Waals surface area contributed by atoms with Gasteiger partial charge in [0.15, 0.2) is 5.82 Å². The van der Waals surface area contributed by atoms with Gasteiger partial charge in [-0.1, -0.05) is 0 Å². The van der Waals surface area contributed by atoms with E-state index in [2.05, 4.69) is 42.9 Å². The zero-order valence-electron chi connectivity index (χ0n) is 17.3. The molecule has 1 unspecified atom stereocenters. The molecule has 2 saturated heterocycles. The quantitative estimate of drug-likeness (QED) is 0.494. The van der Waals surface area contributed by atoms with Crippen molar-refractivity contribution in [3.63, 3.8) is 0 Å². The topological polar surface area (TPSA) is 108 Å². The fourth-order valence-electron chi connectivity index (χ4n) is 5.13. The molecule has 8 heteroatoms. The Morgan fingerprint density at radius 1 is 1.20 bits per heavy atom. The molecule has 0 radical (unpaired) electrons. The molecule has 3 atom stereocenters. The molecule has 156 valence electrons. The largest absolute Gasteiger partial charge is 0.367 e. The molecule has 0 aliphatic carbocycles. The molecule has 2 aliphatic heterocycles. The number of aryl methyl sites for hydroxylation is 1. The number of aromatic amines is 2. The maximum absolute atomic E-state index is 9.01. The number of rotatable bonds is 6. The van der Waals surface area contributed by atoms with Crippen molar-refractivity contribution < 1.29 is 0 Å². The Bertz CT molecular complexity index is 1060. The summed E-state index contributed by atoms with van der Waals surface area (Å²) in [7, 11) is 0. The highest BCUT2D eigenvalue weighted by molar-refractivity contribution is 5.92. The number of fused-ring (bicyclic) bond motifs is 3. The first-order valence-electron chi connectivity index (χ1n) is 10.9. The number of nitrogens with one attached hydrogen (secondary N) is 4. The van der Waals surface area contributed by atoms with E-state index in [4.69, 9.17) is 10.2 Å². The van der Waals surface area contributed by atoms with Gasteiger partial charge in [-0.2, -0.15) is 10.4 Å². The summed E-state index contributed by atoms with van der Waals surface area (Å²) in [4.78, 5) is 10.8. The fourth-order valence-corrected chi connectivity index (χ4v) is 5.13. The molecule has 2 fully saturated rings. The summed E-state index contributed by atoms with van der Waals surface area (Å²) in [6.45, 7) is 2.88. The molecule has 2 aliphatic rings. The second-order valence-electron chi connectivity index (χ2n) is 8.54. The van der Waals surface area contributed by atoms with Crippen molar-refractivity contribution in [2.75, 3.05) is 17.2 Å². The number of pyridine rings is 1. The van der Waals surface area contributed by atoms with Gasteiger partial charge >= 0.3 is 0 Å². The first kappa shape index (κ1) is 18.9. The summed E-state index contributed by atoms with van der Waals surface area (Å²) in [5, 5.41) is 24.4. The SMILES string of the molecule is Cc1cc(Nc2cc3[nH]ccc3c(N[C@@H]3CCC4CC[C@@H](C3)N4CCC#N)n2)n[nH]1. The van der Waals surface area contributed by atoms with Gasteiger partial charge in [0, 0.05) is 60.5 Å². The van der Waals surface area contributed by atoms with Crippen LogP contribution in [0.25, 0.3) is 10.9 Å². The van der Waals surface area contributed by atoms with Crippen molar-refractivity contribution >= 4 is 28.4 Å². The van der Waals surface area contributed by atoms with E-state index < -0.39 is 0 Å². The van der Waals surface area contributed by atoms with Crippen LogP contribution in [0.3, 0.4) is 0 Å². The van der Waals surface area contributed by atoms with E-state index in [1.165, 1.54) is 19.3 Å². The van der Waals surface area contributed by atoms with Gasteiger partial charge in [0.2, 0.25) is 0 Å². The second-order valence-corrected chi connectivity index (χ2v) is 8.54. The third-order valence-corrected chi connectivity index (χ3v) is 6.51. The number of hydrogen-bond donors (Lipinski definition) is 4. The molecule has 0 amide bonds. The predicted octanol–water partition coefficient (Wildman–Crippen LogP) is 4.05. The lowest BCUT2D eigenvalue weighted by atomic mass is 9.96. The number of hydrogen-bond acceptors (Lipinski definition) is 6. The fraction of sp³-hybridized carbons (Fsp3) is 0.500. The Morgan fingerprint density at radius 3 is 2.90 bits per heavy atom. The van der Waals surface area contributed by atoms with Gasteiger partial charge in [0.05, 0.1) is 11.6 Å². The molecule has 5 rings (SSSR count). The van der Waals surface area contributed by atoms with Crippen LogP contribution >= 0.6 is 0 Å². The van der Waals surface area contributed by atoms with Crippen molar-refractivity contribution in [3.8, 4) is 6.07 Å². The average molecular weight is 405 g/mol. The van der Waals surface area contributed by atoms with Crippen LogP contribution in [0.15, 0.2) is 24.4 Å². The Kier molecular flexibility index (Phi) is 5.05. The summed E-state index contributed by atoms with van der Waals surface area (Å²) in [6.07, 6.45) is 8.50. The molecule has 0 aromatic carbocycles. The lowest BCUT2D eigenvalue weighted by molar-refractivity contribution is 0.198. The van der Waals surface area contributed by atoms with E-state index in [-0.39, 0.29) is 0 Å². The summed E-state index contributed by atoms with van der Waals surface area (Å²) < 4.78 is 0. The lowest BCUT2D eigenvalue weighted by Crippen LogP contribution is -2.36. The molecule has 3 aromatic heterocycles. The van der Waals surface area contributed by atoms with Crippen LogP contribution in [0.5, 0.6) is 0 Å². The molecule has 3 aromatic rings. The molecule has 30 heavy (non-hydrogen) atoms. The van der Waals surface area contributed by atoms with E-state index in [0.29, 0.717) is 24.5 Å². The van der Waals surface area contributed by atoms with Crippen molar-refractivity contribution in [1.82, 2.24) is 25.1 Å². The Hall–Kier alpha value is -3.05. The molecular weight excluding hydrogens is 376 g/mol. The number of nitriles is 1. The molecule has 8 nitrogen and oxygen atoms in total. The zero-order valence-corrected chi connectivity index (χ0v) is 17.3. The minimum absolute atomic E-state index is 0.387. The Labute approximate surface area is 176 Å². The standard InChI is InChI=1S/C22H28N8/c1-14-11-21(29-28-14)26-20-13-19-18(7-9-24-19)22(27-20)25-15-3-4-16-5-6-17(12-15)30(16)10-2-8-23/h7,9,11,13,15-17,24H,2-6,10,12H2,1H3,(H3,25,26,27,28,29)/t15-,16?,17+/m1/s1. The minimum Gasteiger partial charge on any atom is -0.367 e. The summed E-state index contributed by atoms with van der Waals surface area (Å²) >= 11 is 0. The second kappa shape index (κ2) is 8.00. The highest BCUT2D eigenvalue weighted by Crippen LogP contribution is 2.36. The van der Waals surface area contributed by atoms with Crippen molar-refractivity contribution in [2.45, 2.75) is 63.6 Å². The first-order chi connectivity index (χ1) is 14.7. The monoisotopic (exact) mass is 404 g/mol. The van der Waals surface area contributed by atoms with Crippen LogP contribution in [-0.4, -0.2) is 49.7 Å². The third kappa shape index (κ3) is 3.73. The first-order valence-corrected chi connectivity index (χ1v) is 10.9. The van der Waals surface area contributed by atoms with Gasteiger partial charge in [-0.25, -0.2) is 4.98 Å². The van der Waals surface area contributed by atoms with Crippen LogP contribution in [0.4, 0.5) is 17.5 Å². The third-order valence-electron chi connectivity index (χ3n) is 6.51. The highest BCUT2D eigenvalue weighted by atomic mass is 15.2. The summed E-state index contributed by atoms with van der Waals surface area (Å²) in [5.41, 5.74) is 2.05. The zero-order chi connectivity index (χ0) is 20.5. The smallest absolute Gasteiger partial charge is 0.153 e. The molecule has 2 bridgehead atoms. The minimum atomic E-state index is 0.387. The van der Waals surface area contributed by atoms with Crippen molar-refractivity contribution in [2.24, 2.45) is 0 Å². The summed E-state index contributed by atoms with van der Waals surface area (Å²) in [5.74, 6) is 2.44. The van der Waals surface area contributed by atoms with Crippen LogP contribution in [0.1, 0.15) is 44.2 Å². The van der Waals surface area contributed by atoms with Crippen LogP contribution in [-0.2, 0) is 0 Å².